The highest BCUT2D eigenvalue weighted by atomic mass is 32.2. The van der Waals surface area contributed by atoms with E-state index < -0.39 is 33.6 Å². The van der Waals surface area contributed by atoms with Gasteiger partial charge in [-0.2, -0.15) is 4.98 Å². The average molecular weight is 605 g/mol. The fourth-order valence-electron chi connectivity index (χ4n) is 5.95. The maximum Gasteiger partial charge on any atom is 0.441 e. The molecule has 3 fully saturated rings. The van der Waals surface area contributed by atoms with Gasteiger partial charge in [-0.25, -0.2) is 13.2 Å². The number of ether oxygens (including phenoxy) is 2. The number of para-hydroxylation sites is 1. The van der Waals surface area contributed by atoms with Crippen LogP contribution in [-0.2, 0) is 28.9 Å². The second-order valence-corrected chi connectivity index (χ2v) is 14.7. The third kappa shape index (κ3) is 6.53. The van der Waals surface area contributed by atoms with Crippen molar-refractivity contribution in [1.29, 1.82) is 0 Å². The molecule has 1 aliphatic carbocycles. The van der Waals surface area contributed by atoms with Gasteiger partial charge in [-0.15, -0.1) is 0 Å². The molecule has 2 N–H and O–H groups in total. The zero-order chi connectivity index (χ0) is 30.3. The number of carbonyl (C=O) groups excluding carboxylic acids is 2. The minimum Gasteiger partial charge on any atom is -0.406 e. The number of rotatable bonds is 10. The van der Waals surface area contributed by atoms with E-state index in [9.17, 15) is 22.8 Å². The van der Waals surface area contributed by atoms with E-state index >= 15 is 0 Å². The Balaban J connectivity index is 1.46. The summed E-state index contributed by atoms with van der Waals surface area (Å²) in [6.07, 6.45) is 3.48. The monoisotopic (exact) mass is 604 g/mol. The van der Waals surface area contributed by atoms with Crippen LogP contribution in [0.1, 0.15) is 40.0 Å². The maximum atomic E-state index is 14.0. The molecular weight excluding hydrogens is 564 g/mol. The lowest BCUT2D eigenvalue weighted by atomic mass is 9.72. The molecule has 0 radical (unpaired) electrons. The quantitative estimate of drug-likeness (QED) is 0.406. The molecule has 1 aromatic carbocycles. The molecule has 2 saturated heterocycles. The van der Waals surface area contributed by atoms with Gasteiger partial charge in [-0.1, -0.05) is 26.8 Å². The molecule has 1 aromatic heterocycles. The average Bonchev–Trinajstić information content (AvgIpc) is 3.69. The number of nitrogens with zero attached hydrogens (tertiary/aromatic N) is 2. The van der Waals surface area contributed by atoms with Gasteiger partial charge in [0.05, 0.1) is 31.2 Å². The fraction of sp³-hybridized carbons (Fsp3) is 0.655. The van der Waals surface area contributed by atoms with E-state index in [0.717, 1.165) is 32.2 Å². The minimum absolute atomic E-state index is 0.0370. The van der Waals surface area contributed by atoms with Crippen LogP contribution < -0.4 is 16.4 Å². The van der Waals surface area contributed by atoms with Crippen molar-refractivity contribution in [3.63, 3.8) is 0 Å². The molecule has 3 atom stereocenters. The summed E-state index contributed by atoms with van der Waals surface area (Å²) < 4.78 is 41.1. The highest BCUT2D eigenvalue weighted by Gasteiger charge is 2.51. The lowest BCUT2D eigenvalue weighted by Gasteiger charge is -2.38. The Bertz CT molecular complexity index is 1510. The van der Waals surface area contributed by atoms with E-state index in [2.05, 4.69) is 41.3 Å². The van der Waals surface area contributed by atoms with Gasteiger partial charge in [0.1, 0.15) is 23.4 Å². The predicted molar refractivity (Wildman–Crippen MR) is 155 cm³/mol. The van der Waals surface area contributed by atoms with Crippen molar-refractivity contribution in [2.24, 2.45) is 16.7 Å². The van der Waals surface area contributed by atoms with Crippen LogP contribution in [0.2, 0.25) is 0 Å². The van der Waals surface area contributed by atoms with Crippen LogP contribution in [0.15, 0.2) is 32.3 Å². The molecule has 0 spiro atoms. The molecule has 5 rings (SSSR count). The van der Waals surface area contributed by atoms with Gasteiger partial charge in [-0.3, -0.25) is 14.5 Å². The molecule has 2 aliphatic heterocycles. The number of benzene rings is 1. The van der Waals surface area contributed by atoms with Crippen LogP contribution >= 0.6 is 0 Å². The summed E-state index contributed by atoms with van der Waals surface area (Å²) in [5.41, 5.74) is -0.364. The Labute approximate surface area is 245 Å². The number of anilines is 1. The standard InChI is InChI=1S/C29H40N4O8S/c1-28(2,29(3)8-9-29)14-20(30-25-19-6-5-7-22(42(4,37)38)24(19)41-27(36)32-25)26(35)31-23-18(16-40-17-21(23)34)15-33-10-12-39-13-11-33/h5-7,18,20,23H,8-17H2,1-4H3,(H,31,35)(H,30,32,36). The second kappa shape index (κ2) is 11.7. The molecular formula is C29H40N4O8S. The minimum atomic E-state index is -3.72. The van der Waals surface area contributed by atoms with Crippen molar-refractivity contribution >= 4 is 38.3 Å². The Hall–Kier alpha value is -2.87. The summed E-state index contributed by atoms with van der Waals surface area (Å²) >= 11 is 0. The van der Waals surface area contributed by atoms with E-state index in [1.165, 1.54) is 12.1 Å². The van der Waals surface area contributed by atoms with Crippen molar-refractivity contribution in [3.8, 4) is 0 Å². The van der Waals surface area contributed by atoms with Gasteiger partial charge in [0.15, 0.2) is 21.2 Å². The molecule has 42 heavy (non-hydrogen) atoms. The largest absolute Gasteiger partial charge is 0.441 e. The number of Topliss-reactive ketones (excluding diaryl/α,β-unsaturated/α-hetero) is 1. The molecule has 12 nitrogen and oxygen atoms in total. The highest BCUT2D eigenvalue weighted by molar-refractivity contribution is 7.91. The third-order valence-corrected chi connectivity index (χ3v) is 10.4. The van der Waals surface area contributed by atoms with E-state index in [0.29, 0.717) is 32.8 Å². The van der Waals surface area contributed by atoms with Crippen LogP contribution in [0.25, 0.3) is 11.0 Å². The zero-order valence-corrected chi connectivity index (χ0v) is 25.4. The number of hydrogen-bond donors (Lipinski definition) is 2. The summed E-state index contributed by atoms with van der Waals surface area (Å²) in [4.78, 5) is 45.6. The van der Waals surface area contributed by atoms with Crippen LogP contribution in [0.3, 0.4) is 0 Å². The normalized spacial score (nSPS) is 23.9. The van der Waals surface area contributed by atoms with Crippen molar-refractivity contribution in [1.82, 2.24) is 15.2 Å². The SMILES string of the molecule is CC(C)(CC(Nc1nc(=O)oc2c(S(C)(=O)=O)cccc12)C(=O)NC1C(=O)COCC1CN1CCOCC1)C1(C)CC1. The second-order valence-electron chi connectivity index (χ2n) is 12.7. The molecule has 3 aliphatic rings. The topological polar surface area (TPSA) is 157 Å². The molecule has 230 valence electrons. The van der Waals surface area contributed by atoms with Gasteiger partial charge >= 0.3 is 5.76 Å². The summed E-state index contributed by atoms with van der Waals surface area (Å²) in [5.74, 6) is -1.77. The zero-order valence-electron chi connectivity index (χ0n) is 24.6. The lowest BCUT2D eigenvalue weighted by molar-refractivity contribution is -0.139. The van der Waals surface area contributed by atoms with Crippen molar-refractivity contribution < 1.29 is 31.9 Å². The Morgan fingerprint density at radius 1 is 1.19 bits per heavy atom. The number of nitrogens with one attached hydrogen (secondary N) is 2. The number of aromatic nitrogens is 1. The summed E-state index contributed by atoms with van der Waals surface area (Å²) in [6, 6.07) is 2.87. The number of hydrogen-bond acceptors (Lipinski definition) is 11. The number of amides is 1. The van der Waals surface area contributed by atoms with Crippen molar-refractivity contribution in [2.75, 3.05) is 57.6 Å². The predicted octanol–water partition coefficient (Wildman–Crippen LogP) is 1.62. The van der Waals surface area contributed by atoms with Gasteiger partial charge in [0.2, 0.25) is 5.91 Å². The van der Waals surface area contributed by atoms with E-state index in [4.69, 9.17) is 13.9 Å². The molecule has 0 bridgehead atoms. The van der Waals surface area contributed by atoms with Crippen LogP contribution in [0.5, 0.6) is 0 Å². The van der Waals surface area contributed by atoms with Gasteiger partial charge in [0, 0.05) is 31.8 Å². The molecule has 3 unspecified atom stereocenters. The summed E-state index contributed by atoms with van der Waals surface area (Å²) in [5, 5.41) is 6.42. The first-order valence-electron chi connectivity index (χ1n) is 14.4. The molecule has 1 amide bonds. The van der Waals surface area contributed by atoms with Crippen LogP contribution in [0.4, 0.5) is 5.82 Å². The van der Waals surface area contributed by atoms with Crippen LogP contribution in [-0.4, -0.2) is 94.4 Å². The number of fused-ring (bicyclic) bond motifs is 1. The molecule has 1 saturated carbocycles. The third-order valence-electron chi connectivity index (χ3n) is 9.29. The van der Waals surface area contributed by atoms with Crippen LogP contribution in [0, 0.1) is 16.7 Å². The van der Waals surface area contributed by atoms with Crippen molar-refractivity contribution in [2.45, 2.75) is 57.0 Å². The molecule has 2 aromatic rings. The first-order chi connectivity index (χ1) is 19.8. The lowest BCUT2D eigenvalue weighted by Crippen LogP contribution is -2.58. The van der Waals surface area contributed by atoms with E-state index in [1.54, 1.807) is 6.07 Å². The molecule has 13 heteroatoms. The van der Waals surface area contributed by atoms with Crippen molar-refractivity contribution in [3.05, 3.63) is 28.7 Å². The summed E-state index contributed by atoms with van der Waals surface area (Å²) in [7, 11) is -3.72. The smallest absolute Gasteiger partial charge is 0.406 e. The Kier molecular flexibility index (Phi) is 8.49. The van der Waals surface area contributed by atoms with Gasteiger partial charge < -0.3 is 24.5 Å². The number of morpholine rings is 1. The fourth-order valence-corrected chi connectivity index (χ4v) is 6.77. The number of ketones is 1. The van der Waals surface area contributed by atoms with Gasteiger partial charge in [-0.05, 0) is 42.2 Å². The summed E-state index contributed by atoms with van der Waals surface area (Å²) in [6.45, 7) is 9.97. The Morgan fingerprint density at radius 2 is 1.90 bits per heavy atom. The first kappa shape index (κ1) is 30.6. The first-order valence-corrected chi connectivity index (χ1v) is 16.3. The van der Waals surface area contributed by atoms with E-state index in [-0.39, 0.29) is 50.8 Å². The number of sulfone groups is 1. The Morgan fingerprint density at radius 3 is 2.57 bits per heavy atom. The molecule has 3 heterocycles. The highest BCUT2D eigenvalue weighted by Crippen LogP contribution is 2.60. The number of carbonyl (C=O) groups is 2. The van der Waals surface area contributed by atoms with E-state index in [1.807, 2.05) is 0 Å². The van der Waals surface area contributed by atoms with Gasteiger partial charge in [0.25, 0.3) is 0 Å². The maximum absolute atomic E-state index is 14.0.